The van der Waals surface area contributed by atoms with E-state index in [2.05, 4.69) is 10.6 Å². The van der Waals surface area contributed by atoms with E-state index in [1.54, 1.807) is 24.3 Å². The second kappa shape index (κ2) is 7.88. The van der Waals surface area contributed by atoms with E-state index < -0.39 is 23.8 Å². The number of carboxylic acids is 1. The highest BCUT2D eigenvalue weighted by atomic mass is 16.4. The van der Waals surface area contributed by atoms with Gasteiger partial charge in [0.05, 0.1) is 0 Å². The van der Waals surface area contributed by atoms with Crippen LogP contribution in [0.25, 0.3) is 0 Å². The molecule has 0 aliphatic rings. The van der Waals surface area contributed by atoms with Crippen LogP contribution in [-0.2, 0) is 14.4 Å². The summed E-state index contributed by atoms with van der Waals surface area (Å²) >= 11 is 0. The van der Waals surface area contributed by atoms with E-state index in [0.29, 0.717) is 11.3 Å². The molecule has 122 valence electrons. The van der Waals surface area contributed by atoms with E-state index in [9.17, 15) is 19.2 Å². The van der Waals surface area contributed by atoms with E-state index >= 15 is 0 Å². The summed E-state index contributed by atoms with van der Waals surface area (Å²) in [6, 6.07) is 5.26. The van der Waals surface area contributed by atoms with Gasteiger partial charge >= 0.3 is 5.97 Å². The number of carbonyl (C=O) groups excluding carboxylic acids is 3. The largest absolute Gasteiger partial charge is 0.480 e. The Labute approximate surface area is 133 Å². The van der Waals surface area contributed by atoms with Gasteiger partial charge in [-0.1, -0.05) is 0 Å². The zero-order valence-electron chi connectivity index (χ0n) is 13.0. The normalized spacial score (nSPS) is 12.2. The highest BCUT2D eigenvalue weighted by molar-refractivity contribution is 6.06. The fourth-order valence-electron chi connectivity index (χ4n) is 1.60. The molecule has 1 rings (SSSR count). The summed E-state index contributed by atoms with van der Waals surface area (Å²) in [5.41, 5.74) is 1.08. The molecular weight excluding hydrogens is 300 g/mol. The molecule has 0 aliphatic heterocycles. The van der Waals surface area contributed by atoms with Crippen molar-refractivity contribution in [2.45, 2.75) is 26.8 Å². The van der Waals surface area contributed by atoms with Gasteiger partial charge in [-0.05, 0) is 45.0 Å². The van der Waals surface area contributed by atoms with Crippen molar-refractivity contribution in [3.63, 3.8) is 0 Å². The molecule has 1 unspecified atom stereocenters. The van der Waals surface area contributed by atoms with Crippen LogP contribution in [0.15, 0.2) is 35.9 Å². The van der Waals surface area contributed by atoms with Crippen LogP contribution in [0.2, 0.25) is 0 Å². The Hall–Kier alpha value is -2.96. The molecule has 1 aromatic rings. The number of hydrogen-bond acceptors (Lipinski definition) is 4. The molecule has 3 N–H and O–H groups in total. The summed E-state index contributed by atoms with van der Waals surface area (Å²) in [5, 5.41) is 13.5. The van der Waals surface area contributed by atoms with E-state index in [-0.39, 0.29) is 11.4 Å². The zero-order valence-corrected chi connectivity index (χ0v) is 13.0. The molecule has 0 radical (unpaired) electrons. The second-order valence-corrected chi connectivity index (χ2v) is 4.98. The molecule has 1 atom stereocenters. The lowest BCUT2D eigenvalue weighted by Gasteiger charge is -2.09. The predicted octanol–water partition coefficient (Wildman–Crippen LogP) is 1.36. The van der Waals surface area contributed by atoms with E-state index in [4.69, 9.17) is 5.11 Å². The van der Waals surface area contributed by atoms with E-state index in [1.165, 1.54) is 20.8 Å². The van der Waals surface area contributed by atoms with Crippen molar-refractivity contribution in [2.24, 2.45) is 0 Å². The lowest BCUT2D eigenvalue weighted by atomic mass is 10.1. The molecule has 7 nitrogen and oxygen atoms in total. The van der Waals surface area contributed by atoms with Gasteiger partial charge < -0.3 is 15.7 Å². The second-order valence-electron chi connectivity index (χ2n) is 4.98. The van der Waals surface area contributed by atoms with Crippen molar-refractivity contribution >= 4 is 29.3 Å². The first-order valence-corrected chi connectivity index (χ1v) is 6.84. The number of benzene rings is 1. The monoisotopic (exact) mass is 318 g/mol. The fraction of sp³-hybridized carbons (Fsp3) is 0.250. The number of Topliss-reactive ketones (excluding diaryl/α,β-unsaturated/α-hetero) is 1. The summed E-state index contributed by atoms with van der Waals surface area (Å²) in [6.07, 6.45) is 1.07. The summed E-state index contributed by atoms with van der Waals surface area (Å²) < 4.78 is 0. The van der Waals surface area contributed by atoms with Gasteiger partial charge in [-0.15, -0.1) is 0 Å². The minimum Gasteiger partial charge on any atom is -0.480 e. The highest BCUT2D eigenvalue weighted by Crippen LogP contribution is 2.10. The zero-order chi connectivity index (χ0) is 17.6. The van der Waals surface area contributed by atoms with Crippen LogP contribution in [0, 0.1) is 0 Å². The Balaban J connectivity index is 2.68. The molecule has 0 bridgehead atoms. The number of aliphatic carboxylic acids is 1. The van der Waals surface area contributed by atoms with E-state index in [1.807, 2.05) is 0 Å². The fourth-order valence-corrected chi connectivity index (χ4v) is 1.60. The van der Waals surface area contributed by atoms with Gasteiger partial charge in [-0.2, -0.15) is 0 Å². The number of anilines is 1. The highest BCUT2D eigenvalue weighted by Gasteiger charge is 2.15. The minimum atomic E-state index is -1.17. The van der Waals surface area contributed by atoms with Crippen LogP contribution < -0.4 is 10.6 Å². The number of carboxylic acid groups (broad SMARTS) is 1. The first kappa shape index (κ1) is 18.1. The van der Waals surface area contributed by atoms with Gasteiger partial charge in [0.1, 0.15) is 6.04 Å². The molecule has 0 saturated heterocycles. The quantitative estimate of drug-likeness (QED) is 0.541. The lowest BCUT2D eigenvalue weighted by molar-refractivity contribution is -0.140. The first-order valence-electron chi connectivity index (χ1n) is 6.84. The molecule has 23 heavy (non-hydrogen) atoms. The van der Waals surface area contributed by atoms with Gasteiger partial charge in [0.25, 0.3) is 0 Å². The number of nitrogens with one attached hydrogen (secondary N) is 2. The van der Waals surface area contributed by atoms with Gasteiger partial charge in [0.15, 0.2) is 5.78 Å². The SMILES string of the molecule is CC(=O)c1ccc(NC(=O)/C=C(/C)C(=O)NC(C)C(=O)O)cc1. The molecule has 0 fully saturated rings. The molecule has 7 heteroatoms. The van der Waals surface area contributed by atoms with Crippen molar-refractivity contribution in [3.8, 4) is 0 Å². The van der Waals surface area contributed by atoms with Crippen LogP contribution in [0.5, 0.6) is 0 Å². The maximum atomic E-state index is 11.8. The summed E-state index contributed by atoms with van der Waals surface area (Å²) in [5.74, 6) is -2.41. The molecule has 0 saturated carbocycles. The number of amides is 2. The van der Waals surface area contributed by atoms with Crippen LogP contribution in [0.3, 0.4) is 0 Å². The van der Waals surface area contributed by atoms with Gasteiger partial charge in [-0.25, -0.2) is 0 Å². The standard InChI is InChI=1S/C16H18N2O5/c1-9(15(21)17-10(2)16(22)23)8-14(20)18-13-6-4-12(5-7-13)11(3)19/h4-8,10H,1-3H3,(H,17,21)(H,18,20)(H,22,23)/b9-8-. The Morgan fingerprint density at radius 1 is 1.09 bits per heavy atom. The van der Waals surface area contributed by atoms with E-state index in [0.717, 1.165) is 6.08 Å². The van der Waals surface area contributed by atoms with Crippen LogP contribution in [-0.4, -0.2) is 34.7 Å². The minimum absolute atomic E-state index is 0.0796. The molecule has 0 spiro atoms. The third-order valence-electron chi connectivity index (χ3n) is 2.98. The number of hydrogen-bond donors (Lipinski definition) is 3. The van der Waals surface area contributed by atoms with Gasteiger partial charge in [-0.3, -0.25) is 19.2 Å². The Morgan fingerprint density at radius 2 is 1.65 bits per heavy atom. The maximum absolute atomic E-state index is 11.8. The average Bonchev–Trinajstić information content (AvgIpc) is 2.47. The third-order valence-corrected chi connectivity index (χ3v) is 2.98. The first-order chi connectivity index (χ1) is 10.7. The van der Waals surface area contributed by atoms with Crippen molar-refractivity contribution in [1.82, 2.24) is 5.32 Å². The lowest BCUT2D eigenvalue weighted by Crippen LogP contribution is -2.38. The predicted molar refractivity (Wildman–Crippen MR) is 84.1 cm³/mol. The summed E-state index contributed by atoms with van der Waals surface area (Å²) in [6.45, 7) is 4.17. The number of ketones is 1. The summed E-state index contributed by atoms with van der Waals surface area (Å²) in [7, 11) is 0. The topological polar surface area (TPSA) is 113 Å². The van der Waals surface area contributed by atoms with Crippen molar-refractivity contribution in [3.05, 3.63) is 41.5 Å². The van der Waals surface area contributed by atoms with Crippen molar-refractivity contribution in [1.29, 1.82) is 0 Å². The molecular formula is C16H18N2O5. The van der Waals surface area contributed by atoms with Crippen LogP contribution in [0.4, 0.5) is 5.69 Å². The van der Waals surface area contributed by atoms with Crippen molar-refractivity contribution in [2.75, 3.05) is 5.32 Å². The van der Waals surface area contributed by atoms with Crippen LogP contribution >= 0.6 is 0 Å². The Kier molecular flexibility index (Phi) is 6.20. The summed E-state index contributed by atoms with van der Waals surface area (Å²) in [4.78, 5) is 45.3. The number of carbonyl (C=O) groups is 4. The molecule has 0 heterocycles. The Morgan fingerprint density at radius 3 is 2.13 bits per heavy atom. The smallest absolute Gasteiger partial charge is 0.325 e. The molecule has 0 aromatic heterocycles. The third kappa shape index (κ3) is 5.74. The maximum Gasteiger partial charge on any atom is 0.325 e. The van der Waals surface area contributed by atoms with Gasteiger partial charge in [0, 0.05) is 22.9 Å². The van der Waals surface area contributed by atoms with Gasteiger partial charge in [0.2, 0.25) is 11.8 Å². The average molecular weight is 318 g/mol. The van der Waals surface area contributed by atoms with Crippen LogP contribution in [0.1, 0.15) is 31.1 Å². The molecule has 2 amide bonds. The molecule has 1 aromatic carbocycles. The van der Waals surface area contributed by atoms with Crippen molar-refractivity contribution < 1.29 is 24.3 Å². The number of rotatable bonds is 6. The Bertz CT molecular complexity index is 662. The molecule has 0 aliphatic carbocycles.